The van der Waals surface area contributed by atoms with Gasteiger partial charge in [0, 0.05) is 26.7 Å². The molecule has 0 heterocycles. The van der Waals surface area contributed by atoms with Gasteiger partial charge in [0.25, 0.3) is 0 Å². The Morgan fingerprint density at radius 2 is 1.64 bits per heavy atom. The van der Waals surface area contributed by atoms with E-state index in [1.807, 2.05) is 0 Å². The van der Waals surface area contributed by atoms with Crippen LogP contribution in [0, 0.1) is 11.8 Å². The SMILES string of the molecule is COCCNCCNCC(C)C(C)C. The van der Waals surface area contributed by atoms with Crippen LogP contribution in [-0.4, -0.2) is 39.9 Å². The van der Waals surface area contributed by atoms with Crippen molar-refractivity contribution in [3.8, 4) is 0 Å². The van der Waals surface area contributed by atoms with Gasteiger partial charge in [0.1, 0.15) is 0 Å². The van der Waals surface area contributed by atoms with Gasteiger partial charge in [-0.1, -0.05) is 20.8 Å². The molecule has 0 rings (SSSR count). The molecule has 0 spiro atoms. The van der Waals surface area contributed by atoms with Crippen molar-refractivity contribution in [2.75, 3.05) is 39.9 Å². The molecule has 3 nitrogen and oxygen atoms in total. The Kier molecular flexibility index (Phi) is 9.35. The molecule has 0 aromatic carbocycles. The second kappa shape index (κ2) is 9.44. The highest BCUT2D eigenvalue weighted by atomic mass is 16.5. The van der Waals surface area contributed by atoms with Crippen molar-refractivity contribution in [2.24, 2.45) is 11.8 Å². The lowest BCUT2D eigenvalue weighted by molar-refractivity contribution is 0.199. The van der Waals surface area contributed by atoms with Gasteiger partial charge in [-0.3, -0.25) is 0 Å². The highest BCUT2D eigenvalue weighted by Crippen LogP contribution is 2.06. The minimum Gasteiger partial charge on any atom is -0.383 e. The lowest BCUT2D eigenvalue weighted by atomic mass is 9.98. The van der Waals surface area contributed by atoms with Gasteiger partial charge < -0.3 is 15.4 Å². The van der Waals surface area contributed by atoms with Gasteiger partial charge in [-0.2, -0.15) is 0 Å². The maximum atomic E-state index is 4.94. The highest BCUT2D eigenvalue weighted by Gasteiger charge is 2.04. The molecule has 0 saturated carbocycles. The zero-order valence-corrected chi connectivity index (χ0v) is 10.1. The number of methoxy groups -OCH3 is 1. The smallest absolute Gasteiger partial charge is 0.0587 e. The molecule has 0 bridgehead atoms. The first-order valence-electron chi connectivity index (χ1n) is 5.58. The van der Waals surface area contributed by atoms with Crippen LogP contribution in [0.1, 0.15) is 20.8 Å². The van der Waals surface area contributed by atoms with E-state index in [0.717, 1.165) is 44.6 Å². The van der Waals surface area contributed by atoms with Crippen LogP contribution in [0.25, 0.3) is 0 Å². The first-order chi connectivity index (χ1) is 6.68. The van der Waals surface area contributed by atoms with E-state index in [-0.39, 0.29) is 0 Å². The molecule has 0 fully saturated rings. The van der Waals surface area contributed by atoms with Gasteiger partial charge in [0.2, 0.25) is 0 Å². The maximum absolute atomic E-state index is 4.94. The summed E-state index contributed by atoms with van der Waals surface area (Å²) in [5.41, 5.74) is 0. The minimum absolute atomic E-state index is 0.758. The van der Waals surface area contributed by atoms with Crippen LogP contribution in [0.4, 0.5) is 0 Å². The maximum Gasteiger partial charge on any atom is 0.0587 e. The quantitative estimate of drug-likeness (QED) is 0.549. The van der Waals surface area contributed by atoms with Crippen molar-refractivity contribution in [3.05, 3.63) is 0 Å². The number of hydrogen-bond donors (Lipinski definition) is 2. The summed E-state index contributed by atoms with van der Waals surface area (Å²) in [6.45, 7) is 11.7. The summed E-state index contributed by atoms with van der Waals surface area (Å²) < 4.78 is 4.94. The largest absolute Gasteiger partial charge is 0.383 e. The zero-order valence-electron chi connectivity index (χ0n) is 10.1. The van der Waals surface area contributed by atoms with Crippen molar-refractivity contribution in [1.82, 2.24) is 10.6 Å². The topological polar surface area (TPSA) is 33.3 Å². The average molecular weight is 202 g/mol. The fraction of sp³-hybridized carbons (Fsp3) is 1.00. The van der Waals surface area contributed by atoms with E-state index in [0.29, 0.717) is 0 Å². The van der Waals surface area contributed by atoms with E-state index in [2.05, 4.69) is 31.4 Å². The van der Waals surface area contributed by atoms with Gasteiger partial charge in [-0.05, 0) is 18.4 Å². The van der Waals surface area contributed by atoms with Crippen molar-refractivity contribution >= 4 is 0 Å². The number of ether oxygens (including phenoxy) is 1. The van der Waals surface area contributed by atoms with Crippen molar-refractivity contribution in [2.45, 2.75) is 20.8 Å². The molecule has 1 unspecified atom stereocenters. The molecule has 14 heavy (non-hydrogen) atoms. The third kappa shape index (κ3) is 8.48. The summed E-state index contributed by atoms with van der Waals surface area (Å²) in [6.07, 6.45) is 0. The van der Waals surface area contributed by atoms with Gasteiger partial charge in [-0.25, -0.2) is 0 Å². The fourth-order valence-corrected chi connectivity index (χ4v) is 1.04. The molecule has 0 amide bonds. The van der Waals surface area contributed by atoms with Crippen molar-refractivity contribution in [3.63, 3.8) is 0 Å². The fourth-order valence-electron chi connectivity index (χ4n) is 1.04. The van der Waals surface area contributed by atoms with Crippen LogP contribution in [0.3, 0.4) is 0 Å². The normalized spacial score (nSPS) is 13.5. The number of rotatable bonds is 9. The first kappa shape index (κ1) is 13.9. The molecule has 3 heteroatoms. The van der Waals surface area contributed by atoms with Crippen LogP contribution in [0.2, 0.25) is 0 Å². The van der Waals surface area contributed by atoms with Crippen LogP contribution >= 0.6 is 0 Å². The summed E-state index contributed by atoms with van der Waals surface area (Å²) in [4.78, 5) is 0. The molecule has 0 aliphatic heterocycles. The van der Waals surface area contributed by atoms with E-state index in [9.17, 15) is 0 Å². The Labute approximate surface area is 88.6 Å². The molecule has 0 aromatic rings. The molecular formula is C11H26N2O. The lowest BCUT2D eigenvalue weighted by Gasteiger charge is -2.16. The average Bonchev–Trinajstić information content (AvgIpc) is 2.16. The predicted octanol–water partition coefficient (Wildman–Crippen LogP) is 1.10. The van der Waals surface area contributed by atoms with Crippen molar-refractivity contribution < 1.29 is 4.74 Å². The Balaban J connectivity index is 3.06. The Morgan fingerprint density at radius 1 is 1.00 bits per heavy atom. The zero-order chi connectivity index (χ0) is 10.8. The Bertz CT molecular complexity index is 118. The Morgan fingerprint density at radius 3 is 2.21 bits per heavy atom. The van der Waals surface area contributed by atoms with Crippen LogP contribution in [-0.2, 0) is 4.74 Å². The number of hydrogen-bond acceptors (Lipinski definition) is 3. The predicted molar refractivity (Wildman–Crippen MR) is 61.6 cm³/mol. The third-order valence-electron chi connectivity index (χ3n) is 2.57. The summed E-state index contributed by atoms with van der Waals surface area (Å²) in [5.74, 6) is 1.53. The first-order valence-corrected chi connectivity index (χ1v) is 5.58. The van der Waals surface area contributed by atoms with E-state index >= 15 is 0 Å². The molecule has 0 saturated heterocycles. The second-order valence-electron chi connectivity index (χ2n) is 4.17. The molecule has 0 aromatic heterocycles. The summed E-state index contributed by atoms with van der Waals surface area (Å²) >= 11 is 0. The molecule has 2 N–H and O–H groups in total. The third-order valence-corrected chi connectivity index (χ3v) is 2.57. The summed E-state index contributed by atoms with van der Waals surface area (Å²) in [6, 6.07) is 0. The standard InChI is InChI=1S/C11H26N2O/c1-10(2)11(3)9-13-6-5-12-7-8-14-4/h10-13H,5-9H2,1-4H3. The van der Waals surface area contributed by atoms with Gasteiger partial charge in [-0.15, -0.1) is 0 Å². The molecule has 0 aliphatic rings. The van der Waals surface area contributed by atoms with E-state index < -0.39 is 0 Å². The monoisotopic (exact) mass is 202 g/mol. The summed E-state index contributed by atoms with van der Waals surface area (Å²) in [7, 11) is 1.73. The van der Waals surface area contributed by atoms with Gasteiger partial charge >= 0.3 is 0 Å². The molecule has 0 aliphatic carbocycles. The molecule has 86 valence electrons. The van der Waals surface area contributed by atoms with E-state index in [1.165, 1.54) is 0 Å². The highest BCUT2D eigenvalue weighted by molar-refractivity contribution is 4.61. The van der Waals surface area contributed by atoms with Crippen LogP contribution in [0.15, 0.2) is 0 Å². The van der Waals surface area contributed by atoms with Gasteiger partial charge in [0.15, 0.2) is 0 Å². The van der Waals surface area contributed by atoms with E-state index in [1.54, 1.807) is 7.11 Å². The lowest BCUT2D eigenvalue weighted by Crippen LogP contribution is -2.32. The van der Waals surface area contributed by atoms with Gasteiger partial charge in [0.05, 0.1) is 6.61 Å². The number of nitrogens with one attached hydrogen (secondary N) is 2. The molecule has 1 atom stereocenters. The Hall–Kier alpha value is -0.120. The van der Waals surface area contributed by atoms with E-state index in [4.69, 9.17) is 4.74 Å². The second-order valence-corrected chi connectivity index (χ2v) is 4.17. The summed E-state index contributed by atoms with van der Waals surface area (Å²) in [5, 5.41) is 6.74. The molecular weight excluding hydrogens is 176 g/mol. The van der Waals surface area contributed by atoms with Crippen molar-refractivity contribution in [1.29, 1.82) is 0 Å². The van der Waals surface area contributed by atoms with Crippen LogP contribution < -0.4 is 10.6 Å². The van der Waals surface area contributed by atoms with Crippen LogP contribution in [0.5, 0.6) is 0 Å². The molecule has 0 radical (unpaired) electrons. The minimum atomic E-state index is 0.758.